The molecule has 136 valence electrons. The molecule has 0 saturated carbocycles. The smallest absolute Gasteiger partial charge is 0.331 e. The molecule has 2 aromatic carbocycles. The number of nitrogens with one attached hydrogen (secondary N) is 1. The zero-order valence-electron chi connectivity index (χ0n) is 15.4. The molecule has 0 aliphatic carbocycles. The van der Waals surface area contributed by atoms with Crippen molar-refractivity contribution in [3.63, 3.8) is 0 Å². The third-order valence-corrected chi connectivity index (χ3v) is 4.05. The Morgan fingerprint density at radius 2 is 1.77 bits per heavy atom. The highest BCUT2D eigenvalue weighted by atomic mass is 16.5. The Morgan fingerprint density at radius 3 is 2.42 bits per heavy atom. The van der Waals surface area contributed by atoms with E-state index in [1.54, 1.807) is 32.2 Å². The molecule has 0 spiro atoms. The van der Waals surface area contributed by atoms with Crippen molar-refractivity contribution in [2.75, 3.05) is 12.4 Å². The van der Waals surface area contributed by atoms with Crippen molar-refractivity contribution in [3.05, 3.63) is 65.2 Å². The fourth-order valence-electron chi connectivity index (χ4n) is 2.27. The maximum atomic E-state index is 12.2. The Morgan fingerprint density at radius 1 is 1.08 bits per heavy atom. The molecule has 0 aromatic heterocycles. The number of benzene rings is 2. The van der Waals surface area contributed by atoms with E-state index in [-0.39, 0.29) is 5.91 Å². The lowest BCUT2D eigenvalue weighted by Gasteiger charge is -2.14. The summed E-state index contributed by atoms with van der Waals surface area (Å²) in [4.78, 5) is 24.1. The molecule has 0 fully saturated rings. The molecule has 0 aliphatic heterocycles. The minimum Gasteiger partial charge on any atom is -0.497 e. The molecule has 1 amide bonds. The lowest BCUT2D eigenvalue weighted by molar-refractivity contribution is -0.148. The van der Waals surface area contributed by atoms with Gasteiger partial charge in [-0.3, -0.25) is 4.79 Å². The summed E-state index contributed by atoms with van der Waals surface area (Å²) in [5.74, 6) is -0.212. The fraction of sp³-hybridized carbons (Fsp3) is 0.238. The van der Waals surface area contributed by atoms with Gasteiger partial charge in [0.15, 0.2) is 6.10 Å². The van der Waals surface area contributed by atoms with Gasteiger partial charge in [-0.15, -0.1) is 0 Å². The van der Waals surface area contributed by atoms with Crippen molar-refractivity contribution in [3.8, 4) is 5.75 Å². The molecule has 0 radical (unpaired) electrons. The Hall–Kier alpha value is -3.08. The molecule has 1 atom stereocenters. The zero-order valence-corrected chi connectivity index (χ0v) is 15.4. The first-order valence-corrected chi connectivity index (χ1v) is 8.30. The number of aryl methyl sites for hydroxylation is 1. The highest BCUT2D eigenvalue weighted by Gasteiger charge is 2.17. The molecule has 0 unspecified atom stereocenters. The van der Waals surface area contributed by atoms with E-state index in [9.17, 15) is 9.59 Å². The molecular weight excluding hydrogens is 330 g/mol. The SMILES string of the molecule is COc1ccc(/C=C/C(=O)O[C@@H](C)C(=O)Nc2cccc(C)c2C)cc1. The second kappa shape index (κ2) is 8.85. The first-order chi connectivity index (χ1) is 12.4. The van der Waals surface area contributed by atoms with Gasteiger partial charge in [-0.2, -0.15) is 0 Å². The number of carbonyl (C=O) groups is 2. The molecule has 1 N–H and O–H groups in total. The Balaban J connectivity index is 1.91. The van der Waals surface area contributed by atoms with Gasteiger partial charge in [-0.1, -0.05) is 24.3 Å². The molecule has 0 heterocycles. The summed E-state index contributed by atoms with van der Waals surface area (Å²) >= 11 is 0. The van der Waals surface area contributed by atoms with Crippen LogP contribution in [-0.2, 0) is 14.3 Å². The van der Waals surface area contributed by atoms with Gasteiger partial charge in [0.25, 0.3) is 5.91 Å². The molecule has 0 saturated heterocycles. The lowest BCUT2D eigenvalue weighted by Crippen LogP contribution is -2.29. The van der Waals surface area contributed by atoms with Crippen molar-refractivity contribution >= 4 is 23.6 Å². The van der Waals surface area contributed by atoms with Crippen molar-refractivity contribution in [1.29, 1.82) is 0 Å². The molecule has 0 aliphatic rings. The van der Waals surface area contributed by atoms with Crippen molar-refractivity contribution in [2.24, 2.45) is 0 Å². The Labute approximate surface area is 153 Å². The molecule has 26 heavy (non-hydrogen) atoms. The van der Waals surface area contributed by atoms with E-state index in [4.69, 9.17) is 9.47 Å². The highest BCUT2D eigenvalue weighted by molar-refractivity contribution is 5.97. The molecular formula is C21H23NO4. The summed E-state index contributed by atoms with van der Waals surface area (Å²) in [6.45, 7) is 5.44. The van der Waals surface area contributed by atoms with Gasteiger partial charge in [0.1, 0.15) is 5.75 Å². The highest BCUT2D eigenvalue weighted by Crippen LogP contribution is 2.18. The second-order valence-electron chi connectivity index (χ2n) is 5.92. The summed E-state index contributed by atoms with van der Waals surface area (Å²) in [5, 5.41) is 2.79. The minimum atomic E-state index is -0.900. The molecule has 0 bridgehead atoms. The number of carbonyl (C=O) groups excluding carboxylic acids is 2. The van der Waals surface area contributed by atoms with E-state index >= 15 is 0 Å². The summed E-state index contributed by atoms with van der Waals surface area (Å²) in [5.41, 5.74) is 3.61. The van der Waals surface area contributed by atoms with Crippen LogP contribution in [0.2, 0.25) is 0 Å². The Kier molecular flexibility index (Phi) is 6.55. The van der Waals surface area contributed by atoms with Crippen LogP contribution >= 0.6 is 0 Å². The number of methoxy groups -OCH3 is 1. The topological polar surface area (TPSA) is 64.6 Å². The van der Waals surface area contributed by atoms with Crippen LogP contribution < -0.4 is 10.1 Å². The van der Waals surface area contributed by atoms with E-state index in [2.05, 4.69) is 5.32 Å². The summed E-state index contributed by atoms with van der Waals surface area (Å²) < 4.78 is 10.2. The predicted octanol–water partition coefficient (Wildman–Crippen LogP) is 3.90. The number of anilines is 1. The summed E-state index contributed by atoms with van der Waals surface area (Å²) in [7, 11) is 1.59. The molecule has 5 heteroatoms. The van der Waals surface area contributed by atoms with Gasteiger partial charge in [-0.25, -0.2) is 4.79 Å². The monoisotopic (exact) mass is 353 g/mol. The van der Waals surface area contributed by atoms with Gasteiger partial charge in [0.2, 0.25) is 0 Å². The van der Waals surface area contributed by atoms with Crippen molar-refractivity contribution < 1.29 is 19.1 Å². The van der Waals surface area contributed by atoms with Crippen LogP contribution in [0, 0.1) is 13.8 Å². The lowest BCUT2D eigenvalue weighted by atomic mass is 10.1. The number of hydrogen-bond acceptors (Lipinski definition) is 4. The van der Waals surface area contributed by atoms with Crippen LogP contribution in [0.3, 0.4) is 0 Å². The van der Waals surface area contributed by atoms with Crippen LogP contribution in [0.15, 0.2) is 48.5 Å². The predicted molar refractivity (Wildman–Crippen MR) is 102 cm³/mol. The normalized spacial score (nSPS) is 11.8. The van der Waals surface area contributed by atoms with Gasteiger partial charge in [-0.05, 0) is 61.7 Å². The number of ether oxygens (including phenoxy) is 2. The van der Waals surface area contributed by atoms with Crippen LogP contribution in [0.4, 0.5) is 5.69 Å². The van der Waals surface area contributed by atoms with Crippen LogP contribution in [0.1, 0.15) is 23.6 Å². The van der Waals surface area contributed by atoms with Gasteiger partial charge in [0.05, 0.1) is 7.11 Å². The van der Waals surface area contributed by atoms with Gasteiger partial charge < -0.3 is 14.8 Å². The minimum absolute atomic E-state index is 0.370. The van der Waals surface area contributed by atoms with E-state index in [1.165, 1.54) is 6.08 Å². The number of amides is 1. The average molecular weight is 353 g/mol. The van der Waals surface area contributed by atoms with Crippen molar-refractivity contribution in [1.82, 2.24) is 0 Å². The van der Waals surface area contributed by atoms with E-state index in [0.717, 1.165) is 22.4 Å². The molecule has 2 rings (SSSR count). The van der Waals surface area contributed by atoms with Gasteiger partial charge in [0, 0.05) is 11.8 Å². The number of rotatable bonds is 6. The summed E-state index contributed by atoms with van der Waals surface area (Å²) in [6.07, 6.45) is 2.02. The van der Waals surface area contributed by atoms with Crippen LogP contribution in [0.5, 0.6) is 5.75 Å². The third-order valence-electron chi connectivity index (χ3n) is 4.05. The standard InChI is InChI=1S/C21H23NO4/c1-14-6-5-7-19(15(14)2)22-21(24)16(3)26-20(23)13-10-17-8-11-18(25-4)12-9-17/h5-13,16H,1-4H3,(H,22,24)/b13-10+/t16-/m0/s1. The average Bonchev–Trinajstić information content (AvgIpc) is 2.64. The first-order valence-electron chi connectivity index (χ1n) is 8.30. The largest absolute Gasteiger partial charge is 0.497 e. The summed E-state index contributed by atoms with van der Waals surface area (Å²) in [6, 6.07) is 12.9. The molecule has 5 nitrogen and oxygen atoms in total. The maximum absolute atomic E-state index is 12.2. The van der Waals surface area contributed by atoms with Crippen LogP contribution in [-0.4, -0.2) is 25.1 Å². The third kappa shape index (κ3) is 5.21. The second-order valence-corrected chi connectivity index (χ2v) is 5.92. The van der Waals surface area contributed by atoms with E-state index in [1.807, 2.05) is 44.2 Å². The zero-order chi connectivity index (χ0) is 19.1. The maximum Gasteiger partial charge on any atom is 0.331 e. The van der Waals surface area contributed by atoms with Crippen molar-refractivity contribution in [2.45, 2.75) is 26.9 Å². The first kappa shape index (κ1) is 19.2. The number of hydrogen-bond donors (Lipinski definition) is 1. The Bertz CT molecular complexity index is 809. The van der Waals surface area contributed by atoms with E-state index in [0.29, 0.717) is 5.69 Å². The van der Waals surface area contributed by atoms with Crippen LogP contribution in [0.25, 0.3) is 6.08 Å². The van der Waals surface area contributed by atoms with Gasteiger partial charge >= 0.3 is 5.97 Å². The number of esters is 1. The van der Waals surface area contributed by atoms with E-state index < -0.39 is 12.1 Å². The molecule has 2 aromatic rings. The quantitative estimate of drug-likeness (QED) is 0.632. The fourth-order valence-corrected chi connectivity index (χ4v) is 2.27.